The number of rotatable bonds is 4. The molecule has 2 heterocycles. The second-order valence-corrected chi connectivity index (χ2v) is 4.06. The summed E-state index contributed by atoms with van der Waals surface area (Å²) in [5.41, 5.74) is 1.01. The van der Waals surface area contributed by atoms with Crippen LogP contribution in [0, 0.1) is 0 Å². The fourth-order valence-corrected chi connectivity index (χ4v) is 1.89. The Bertz CT molecular complexity index is 412. The standard InChI is InChI=1S/C10H12N4S/c1-2-5-12-10-14-13-9(15-10)8-4-3-6-11-7-8/h3-4,6-7H,2,5H2,1H3,(H,12,14). The van der Waals surface area contributed by atoms with Gasteiger partial charge in [-0.3, -0.25) is 4.98 Å². The molecule has 0 atom stereocenters. The molecule has 0 aliphatic carbocycles. The molecular formula is C10H12N4S. The minimum Gasteiger partial charge on any atom is -0.360 e. The maximum Gasteiger partial charge on any atom is 0.206 e. The largest absolute Gasteiger partial charge is 0.360 e. The summed E-state index contributed by atoms with van der Waals surface area (Å²) in [4.78, 5) is 4.05. The molecule has 0 spiro atoms. The summed E-state index contributed by atoms with van der Waals surface area (Å²) in [7, 11) is 0. The lowest BCUT2D eigenvalue weighted by Crippen LogP contribution is -1.98. The molecule has 2 aromatic heterocycles. The number of nitrogens with one attached hydrogen (secondary N) is 1. The van der Waals surface area contributed by atoms with Gasteiger partial charge in [-0.15, -0.1) is 10.2 Å². The fourth-order valence-electron chi connectivity index (χ4n) is 1.13. The van der Waals surface area contributed by atoms with E-state index in [2.05, 4.69) is 27.4 Å². The van der Waals surface area contributed by atoms with Crippen molar-refractivity contribution in [3.63, 3.8) is 0 Å². The van der Waals surface area contributed by atoms with Crippen LogP contribution in [0.4, 0.5) is 5.13 Å². The predicted molar refractivity (Wildman–Crippen MR) is 61.9 cm³/mol. The summed E-state index contributed by atoms with van der Waals surface area (Å²) in [6, 6.07) is 3.88. The van der Waals surface area contributed by atoms with E-state index in [1.165, 1.54) is 0 Å². The average molecular weight is 220 g/mol. The Morgan fingerprint density at radius 3 is 3.07 bits per heavy atom. The van der Waals surface area contributed by atoms with Gasteiger partial charge in [0.15, 0.2) is 5.01 Å². The molecule has 4 nitrogen and oxygen atoms in total. The summed E-state index contributed by atoms with van der Waals surface area (Å²) in [5, 5.41) is 13.1. The van der Waals surface area contributed by atoms with E-state index in [-0.39, 0.29) is 0 Å². The van der Waals surface area contributed by atoms with E-state index in [1.54, 1.807) is 23.7 Å². The van der Waals surface area contributed by atoms with Gasteiger partial charge < -0.3 is 5.32 Å². The van der Waals surface area contributed by atoms with Gasteiger partial charge in [0.1, 0.15) is 0 Å². The van der Waals surface area contributed by atoms with E-state index in [9.17, 15) is 0 Å². The average Bonchev–Trinajstić information content (AvgIpc) is 2.76. The SMILES string of the molecule is CCCNc1nnc(-c2cccnc2)s1. The molecule has 15 heavy (non-hydrogen) atoms. The number of hydrogen-bond donors (Lipinski definition) is 1. The Hall–Kier alpha value is -1.49. The molecule has 1 N–H and O–H groups in total. The summed E-state index contributed by atoms with van der Waals surface area (Å²) in [6.45, 7) is 3.05. The van der Waals surface area contributed by atoms with Gasteiger partial charge in [-0.25, -0.2) is 0 Å². The minimum atomic E-state index is 0.871. The van der Waals surface area contributed by atoms with Gasteiger partial charge in [0.2, 0.25) is 5.13 Å². The quantitative estimate of drug-likeness (QED) is 0.859. The van der Waals surface area contributed by atoms with Crippen LogP contribution in [0.25, 0.3) is 10.6 Å². The lowest BCUT2D eigenvalue weighted by molar-refractivity contribution is 0.964. The van der Waals surface area contributed by atoms with Crippen LogP contribution in [-0.4, -0.2) is 21.7 Å². The van der Waals surface area contributed by atoms with Gasteiger partial charge in [-0.05, 0) is 18.6 Å². The van der Waals surface area contributed by atoms with Crippen LogP contribution in [0.1, 0.15) is 13.3 Å². The van der Waals surface area contributed by atoms with Crippen LogP contribution in [0.5, 0.6) is 0 Å². The molecule has 0 fully saturated rings. The lowest BCUT2D eigenvalue weighted by atomic mass is 10.3. The van der Waals surface area contributed by atoms with E-state index < -0.39 is 0 Å². The Morgan fingerprint density at radius 1 is 1.40 bits per heavy atom. The van der Waals surface area contributed by atoms with E-state index in [0.717, 1.165) is 28.7 Å². The van der Waals surface area contributed by atoms with E-state index in [1.807, 2.05) is 12.1 Å². The van der Waals surface area contributed by atoms with Crippen LogP contribution in [-0.2, 0) is 0 Å². The zero-order valence-electron chi connectivity index (χ0n) is 8.47. The van der Waals surface area contributed by atoms with Gasteiger partial charge in [0.05, 0.1) is 0 Å². The third kappa shape index (κ3) is 2.50. The van der Waals surface area contributed by atoms with Crippen molar-refractivity contribution in [1.82, 2.24) is 15.2 Å². The predicted octanol–water partition coefficient (Wildman–Crippen LogP) is 2.42. The molecule has 0 aromatic carbocycles. The molecule has 0 amide bonds. The van der Waals surface area contributed by atoms with Crippen molar-refractivity contribution >= 4 is 16.5 Å². The topological polar surface area (TPSA) is 50.7 Å². The van der Waals surface area contributed by atoms with Crippen molar-refractivity contribution in [3.05, 3.63) is 24.5 Å². The van der Waals surface area contributed by atoms with Crippen molar-refractivity contribution in [1.29, 1.82) is 0 Å². The van der Waals surface area contributed by atoms with E-state index in [4.69, 9.17) is 0 Å². The summed E-state index contributed by atoms with van der Waals surface area (Å²) < 4.78 is 0. The normalized spacial score (nSPS) is 10.2. The van der Waals surface area contributed by atoms with Crippen LogP contribution < -0.4 is 5.32 Å². The van der Waals surface area contributed by atoms with Crippen molar-refractivity contribution < 1.29 is 0 Å². The Balaban J connectivity index is 2.14. The molecule has 2 rings (SSSR count). The smallest absolute Gasteiger partial charge is 0.206 e. The molecule has 0 saturated carbocycles. The minimum absolute atomic E-state index is 0.871. The van der Waals surface area contributed by atoms with Gasteiger partial charge in [0.25, 0.3) is 0 Å². The van der Waals surface area contributed by atoms with Crippen LogP contribution >= 0.6 is 11.3 Å². The first kappa shape index (κ1) is 10.0. The summed E-state index contributed by atoms with van der Waals surface area (Å²) >= 11 is 1.55. The van der Waals surface area contributed by atoms with Gasteiger partial charge in [-0.1, -0.05) is 18.3 Å². The molecule has 0 radical (unpaired) electrons. The van der Waals surface area contributed by atoms with Crippen LogP contribution in [0.15, 0.2) is 24.5 Å². The van der Waals surface area contributed by atoms with E-state index >= 15 is 0 Å². The zero-order valence-corrected chi connectivity index (χ0v) is 9.29. The molecule has 2 aromatic rings. The van der Waals surface area contributed by atoms with Gasteiger partial charge in [0, 0.05) is 24.5 Å². The van der Waals surface area contributed by atoms with E-state index in [0.29, 0.717) is 0 Å². The molecular weight excluding hydrogens is 208 g/mol. The number of anilines is 1. The second-order valence-electron chi connectivity index (χ2n) is 3.08. The first-order valence-corrected chi connectivity index (χ1v) is 5.69. The Kier molecular flexibility index (Phi) is 3.24. The maximum absolute atomic E-state index is 4.11. The van der Waals surface area contributed by atoms with Gasteiger partial charge >= 0.3 is 0 Å². The van der Waals surface area contributed by atoms with Crippen molar-refractivity contribution in [2.75, 3.05) is 11.9 Å². The highest BCUT2D eigenvalue weighted by molar-refractivity contribution is 7.18. The zero-order chi connectivity index (χ0) is 10.5. The number of pyridine rings is 1. The molecule has 0 aliphatic rings. The molecule has 0 bridgehead atoms. The van der Waals surface area contributed by atoms with Crippen LogP contribution in [0.2, 0.25) is 0 Å². The van der Waals surface area contributed by atoms with Gasteiger partial charge in [-0.2, -0.15) is 0 Å². The number of aromatic nitrogens is 3. The first-order chi connectivity index (χ1) is 7.40. The molecule has 0 unspecified atom stereocenters. The third-order valence-corrected chi connectivity index (χ3v) is 2.79. The summed E-state index contributed by atoms with van der Waals surface area (Å²) in [6.07, 6.45) is 4.63. The molecule has 78 valence electrons. The molecule has 0 saturated heterocycles. The molecule has 5 heteroatoms. The second kappa shape index (κ2) is 4.84. The summed E-state index contributed by atoms with van der Waals surface area (Å²) in [5.74, 6) is 0. The highest BCUT2D eigenvalue weighted by Crippen LogP contribution is 2.25. The monoisotopic (exact) mass is 220 g/mol. The Morgan fingerprint density at radius 2 is 2.33 bits per heavy atom. The maximum atomic E-state index is 4.11. The third-order valence-electron chi connectivity index (χ3n) is 1.86. The van der Waals surface area contributed by atoms with Crippen molar-refractivity contribution in [3.8, 4) is 10.6 Å². The van der Waals surface area contributed by atoms with Crippen molar-refractivity contribution in [2.24, 2.45) is 0 Å². The lowest BCUT2D eigenvalue weighted by Gasteiger charge is -1.95. The highest BCUT2D eigenvalue weighted by atomic mass is 32.1. The molecule has 0 aliphatic heterocycles. The fraction of sp³-hybridized carbons (Fsp3) is 0.300. The first-order valence-electron chi connectivity index (χ1n) is 4.88. The Labute approximate surface area is 92.4 Å². The number of hydrogen-bond acceptors (Lipinski definition) is 5. The van der Waals surface area contributed by atoms with Crippen molar-refractivity contribution in [2.45, 2.75) is 13.3 Å². The van der Waals surface area contributed by atoms with Crippen LogP contribution in [0.3, 0.4) is 0 Å². The highest BCUT2D eigenvalue weighted by Gasteiger charge is 2.05. The number of nitrogens with zero attached hydrogens (tertiary/aromatic N) is 3.